The molecule has 0 saturated carbocycles. The summed E-state index contributed by atoms with van der Waals surface area (Å²) in [6.45, 7) is 0. The molecule has 0 unspecified atom stereocenters. The van der Waals surface area contributed by atoms with Gasteiger partial charge in [-0.25, -0.2) is 9.97 Å². The van der Waals surface area contributed by atoms with Gasteiger partial charge in [0, 0.05) is 11.1 Å². The van der Waals surface area contributed by atoms with Crippen molar-refractivity contribution in [2.45, 2.75) is 0 Å². The van der Waals surface area contributed by atoms with Gasteiger partial charge in [0.1, 0.15) is 0 Å². The van der Waals surface area contributed by atoms with Gasteiger partial charge in [-0.05, 0) is 63.0 Å². The minimum atomic E-state index is 0.746. The van der Waals surface area contributed by atoms with Crippen molar-refractivity contribution in [1.82, 2.24) is 9.97 Å². The fraction of sp³-hybridized carbons (Fsp3) is 0. The van der Waals surface area contributed by atoms with Crippen molar-refractivity contribution in [2.75, 3.05) is 0 Å². The monoisotopic (exact) mass is 542 g/mol. The Kier molecular flexibility index (Phi) is 6.78. The van der Waals surface area contributed by atoms with E-state index in [9.17, 15) is 0 Å². The quantitative estimate of drug-likeness (QED) is 0.209. The van der Waals surface area contributed by atoms with Crippen LogP contribution in [0, 0.1) is 0 Å². The molecular formula is C38H26N2S. The van der Waals surface area contributed by atoms with Crippen molar-refractivity contribution < 1.29 is 0 Å². The number of hydrogen-bond acceptors (Lipinski definition) is 3. The molecule has 0 radical (unpaired) electrons. The lowest BCUT2D eigenvalue weighted by Crippen LogP contribution is -1.95. The van der Waals surface area contributed by atoms with Crippen molar-refractivity contribution in [2.24, 2.45) is 0 Å². The molecule has 3 heteroatoms. The van der Waals surface area contributed by atoms with Crippen LogP contribution in [0.3, 0.4) is 0 Å². The van der Waals surface area contributed by atoms with Gasteiger partial charge < -0.3 is 0 Å². The van der Waals surface area contributed by atoms with E-state index in [1.165, 1.54) is 27.8 Å². The van der Waals surface area contributed by atoms with E-state index in [1.54, 1.807) is 11.3 Å². The van der Waals surface area contributed by atoms with Crippen LogP contribution < -0.4 is 0 Å². The maximum atomic E-state index is 5.04. The molecule has 2 nitrogen and oxygen atoms in total. The van der Waals surface area contributed by atoms with Crippen LogP contribution in [-0.2, 0) is 0 Å². The Morgan fingerprint density at radius 1 is 0.341 bits per heavy atom. The van der Waals surface area contributed by atoms with Gasteiger partial charge in [-0.2, -0.15) is 0 Å². The van der Waals surface area contributed by atoms with Crippen molar-refractivity contribution in [1.29, 1.82) is 0 Å². The maximum absolute atomic E-state index is 5.04. The number of benzene rings is 5. The average molecular weight is 543 g/mol. The maximum Gasteiger partial charge on any atom is 0.170 e. The van der Waals surface area contributed by atoms with Gasteiger partial charge in [0.05, 0.1) is 16.3 Å². The molecule has 2 heterocycles. The van der Waals surface area contributed by atoms with Crippen LogP contribution in [0.4, 0.5) is 0 Å². The summed E-state index contributed by atoms with van der Waals surface area (Å²) in [6, 6.07) is 53.2. The van der Waals surface area contributed by atoms with Gasteiger partial charge >= 0.3 is 0 Å². The minimum Gasteiger partial charge on any atom is -0.227 e. The predicted octanol–water partition coefficient (Wildman–Crippen LogP) is 10.5. The van der Waals surface area contributed by atoms with Crippen LogP contribution in [0.2, 0.25) is 0 Å². The van der Waals surface area contributed by atoms with Gasteiger partial charge in [-0.3, -0.25) is 0 Å². The highest BCUT2D eigenvalue weighted by molar-refractivity contribution is 7.13. The molecule has 194 valence electrons. The number of nitrogens with zero attached hydrogens (tertiary/aromatic N) is 2. The fourth-order valence-corrected chi connectivity index (χ4v) is 5.75. The third kappa shape index (κ3) is 5.36. The van der Waals surface area contributed by atoms with Crippen LogP contribution in [0.1, 0.15) is 0 Å². The lowest BCUT2D eigenvalue weighted by molar-refractivity contribution is 1.19. The summed E-state index contributed by atoms with van der Waals surface area (Å²) >= 11 is 1.66. The van der Waals surface area contributed by atoms with Crippen molar-refractivity contribution in [3.05, 3.63) is 157 Å². The zero-order valence-electron chi connectivity index (χ0n) is 22.3. The molecule has 7 rings (SSSR count). The van der Waals surface area contributed by atoms with E-state index in [0.29, 0.717) is 0 Å². The SMILES string of the molecule is c1ccc(-c2ccc(-c3cc(-c4cccc(-c5cccc(-c6ccccc6)c5)c4)nc(-c4cccs4)n3)cc2)cc1. The number of rotatable bonds is 6. The lowest BCUT2D eigenvalue weighted by atomic mass is 9.97. The highest BCUT2D eigenvalue weighted by Gasteiger charge is 2.13. The first kappa shape index (κ1) is 24.9. The molecule has 0 aliphatic rings. The first-order valence-electron chi connectivity index (χ1n) is 13.7. The van der Waals surface area contributed by atoms with Crippen LogP contribution >= 0.6 is 11.3 Å². The molecule has 0 atom stereocenters. The van der Waals surface area contributed by atoms with Crippen LogP contribution in [-0.4, -0.2) is 9.97 Å². The second-order valence-corrected chi connectivity index (χ2v) is 10.9. The van der Waals surface area contributed by atoms with E-state index in [4.69, 9.17) is 9.97 Å². The molecule has 0 fully saturated rings. The zero-order chi connectivity index (χ0) is 27.4. The predicted molar refractivity (Wildman–Crippen MR) is 173 cm³/mol. The molecule has 7 aromatic rings. The average Bonchev–Trinajstić information content (AvgIpc) is 3.61. The Morgan fingerprint density at radius 2 is 0.805 bits per heavy atom. The molecule has 41 heavy (non-hydrogen) atoms. The van der Waals surface area contributed by atoms with Crippen LogP contribution in [0.25, 0.3) is 66.6 Å². The Bertz CT molecular complexity index is 1910. The normalized spacial score (nSPS) is 10.9. The highest BCUT2D eigenvalue weighted by atomic mass is 32.1. The van der Waals surface area contributed by atoms with Gasteiger partial charge in [-0.1, -0.05) is 127 Å². The zero-order valence-corrected chi connectivity index (χ0v) is 23.1. The second-order valence-electron chi connectivity index (χ2n) is 9.91. The van der Waals surface area contributed by atoms with E-state index >= 15 is 0 Å². The summed E-state index contributed by atoms with van der Waals surface area (Å²) < 4.78 is 0. The largest absolute Gasteiger partial charge is 0.227 e. The molecule has 0 aliphatic heterocycles. The van der Waals surface area contributed by atoms with E-state index < -0.39 is 0 Å². The summed E-state index contributed by atoms with van der Waals surface area (Å²) in [4.78, 5) is 11.1. The number of hydrogen-bond donors (Lipinski definition) is 0. The molecule has 0 bridgehead atoms. The highest BCUT2D eigenvalue weighted by Crippen LogP contribution is 2.33. The van der Waals surface area contributed by atoms with E-state index in [2.05, 4.69) is 145 Å². The summed E-state index contributed by atoms with van der Waals surface area (Å²) in [7, 11) is 0. The van der Waals surface area contributed by atoms with Gasteiger partial charge in [-0.15, -0.1) is 11.3 Å². The minimum absolute atomic E-state index is 0.746. The summed E-state index contributed by atoms with van der Waals surface area (Å²) in [6.07, 6.45) is 0. The second kappa shape index (κ2) is 11.2. The molecule has 0 N–H and O–H groups in total. The first-order chi connectivity index (χ1) is 20.3. The van der Waals surface area contributed by atoms with E-state index in [0.717, 1.165) is 38.8 Å². The molecule has 0 aliphatic carbocycles. The lowest BCUT2D eigenvalue weighted by Gasteiger charge is -2.11. The summed E-state index contributed by atoms with van der Waals surface area (Å²) in [5.74, 6) is 0.746. The standard InChI is InChI=1S/C38H26N2S/c1-3-10-27(11-4-1)29-19-21-30(22-20-29)35-26-36(40-38(39-35)37-18-9-23-41-37)34-17-8-16-33(25-34)32-15-7-14-31(24-32)28-12-5-2-6-13-28/h1-26H. The molecule has 0 amide bonds. The third-order valence-electron chi connectivity index (χ3n) is 7.22. The molecule has 0 saturated heterocycles. The van der Waals surface area contributed by atoms with E-state index in [-0.39, 0.29) is 0 Å². The molecular weight excluding hydrogens is 516 g/mol. The van der Waals surface area contributed by atoms with Crippen molar-refractivity contribution in [3.8, 4) is 66.6 Å². The first-order valence-corrected chi connectivity index (χ1v) is 14.5. The van der Waals surface area contributed by atoms with Gasteiger partial charge in [0.2, 0.25) is 0 Å². The Morgan fingerprint density at radius 3 is 1.41 bits per heavy atom. The molecule has 5 aromatic carbocycles. The summed E-state index contributed by atoms with van der Waals surface area (Å²) in [5.41, 5.74) is 11.1. The van der Waals surface area contributed by atoms with Gasteiger partial charge in [0.25, 0.3) is 0 Å². The third-order valence-corrected chi connectivity index (χ3v) is 8.08. The van der Waals surface area contributed by atoms with Crippen molar-refractivity contribution >= 4 is 11.3 Å². The fourth-order valence-electron chi connectivity index (χ4n) is 5.09. The number of thiophene rings is 1. The Balaban J connectivity index is 1.29. The van der Waals surface area contributed by atoms with Crippen LogP contribution in [0.15, 0.2) is 157 Å². The Labute approximate surface area is 244 Å². The van der Waals surface area contributed by atoms with Gasteiger partial charge in [0.15, 0.2) is 5.82 Å². The van der Waals surface area contributed by atoms with Crippen LogP contribution in [0.5, 0.6) is 0 Å². The molecule has 0 spiro atoms. The topological polar surface area (TPSA) is 25.8 Å². The smallest absolute Gasteiger partial charge is 0.170 e. The molecule has 2 aromatic heterocycles. The summed E-state index contributed by atoms with van der Waals surface area (Å²) in [5, 5.41) is 2.07. The van der Waals surface area contributed by atoms with E-state index in [1.807, 2.05) is 12.1 Å². The number of aromatic nitrogens is 2. The Hall–Kier alpha value is -5.12. The van der Waals surface area contributed by atoms with Crippen molar-refractivity contribution in [3.63, 3.8) is 0 Å².